The van der Waals surface area contributed by atoms with Gasteiger partial charge in [-0.1, -0.05) is 11.6 Å². The molecular formula is C13H13ClN2O2. The smallest absolute Gasteiger partial charge is 0.139 e. The van der Waals surface area contributed by atoms with Crippen molar-refractivity contribution in [2.75, 3.05) is 18.9 Å². The predicted octanol–water partition coefficient (Wildman–Crippen LogP) is 2.78. The maximum absolute atomic E-state index is 5.78. The molecule has 4 nitrogen and oxygen atoms in total. The predicted molar refractivity (Wildman–Crippen MR) is 71.1 cm³/mol. The molecule has 5 heteroatoms. The van der Waals surface area contributed by atoms with Crippen LogP contribution in [0, 0.1) is 0 Å². The summed E-state index contributed by atoms with van der Waals surface area (Å²) in [5, 5.41) is 0.548. The second-order valence-corrected chi connectivity index (χ2v) is 4.04. The Morgan fingerprint density at radius 2 is 1.67 bits per heavy atom. The largest absolute Gasteiger partial charge is 0.490 e. The highest BCUT2D eigenvalue weighted by Crippen LogP contribution is 2.15. The highest BCUT2D eigenvalue weighted by atomic mass is 35.5. The molecule has 1 aromatic carbocycles. The lowest BCUT2D eigenvalue weighted by atomic mass is 10.3. The molecule has 2 N–H and O–H groups in total. The zero-order valence-corrected chi connectivity index (χ0v) is 10.4. The van der Waals surface area contributed by atoms with Crippen LogP contribution >= 0.6 is 11.6 Å². The molecule has 2 aromatic rings. The summed E-state index contributed by atoms with van der Waals surface area (Å²) in [6.45, 7) is 0.864. The highest BCUT2D eigenvalue weighted by molar-refractivity contribution is 6.30. The number of halogens is 1. The second kappa shape index (κ2) is 6.12. The molecule has 0 amide bonds. The summed E-state index contributed by atoms with van der Waals surface area (Å²) in [6.07, 6.45) is 3.16. The number of rotatable bonds is 5. The molecule has 0 saturated carbocycles. The maximum atomic E-state index is 5.78. The molecule has 0 bridgehead atoms. The van der Waals surface area contributed by atoms with Crippen LogP contribution in [-0.4, -0.2) is 18.2 Å². The van der Waals surface area contributed by atoms with Crippen LogP contribution in [-0.2, 0) is 0 Å². The lowest BCUT2D eigenvalue weighted by Gasteiger charge is -2.08. The van der Waals surface area contributed by atoms with Crippen molar-refractivity contribution in [3.8, 4) is 11.5 Å². The topological polar surface area (TPSA) is 57.4 Å². The first kappa shape index (κ1) is 12.5. The van der Waals surface area contributed by atoms with Crippen molar-refractivity contribution in [1.82, 2.24) is 4.98 Å². The Balaban J connectivity index is 1.74. The SMILES string of the molecule is Nc1ccc(OCCOc2cncc(Cl)c2)cc1. The van der Waals surface area contributed by atoms with Gasteiger partial charge in [-0.15, -0.1) is 0 Å². The van der Waals surface area contributed by atoms with E-state index in [1.165, 1.54) is 0 Å². The normalized spacial score (nSPS) is 10.1. The fourth-order valence-corrected chi connectivity index (χ4v) is 1.52. The monoisotopic (exact) mass is 264 g/mol. The van der Waals surface area contributed by atoms with Crippen molar-refractivity contribution in [2.45, 2.75) is 0 Å². The van der Waals surface area contributed by atoms with Crippen LogP contribution in [0.3, 0.4) is 0 Å². The van der Waals surface area contributed by atoms with E-state index in [4.69, 9.17) is 26.8 Å². The Hall–Kier alpha value is -1.94. The summed E-state index contributed by atoms with van der Waals surface area (Å²) in [6, 6.07) is 8.92. The van der Waals surface area contributed by atoms with Gasteiger partial charge in [-0.3, -0.25) is 4.98 Å². The molecule has 1 heterocycles. The Morgan fingerprint density at radius 1 is 1.00 bits per heavy atom. The Kier molecular flexibility index (Phi) is 4.25. The number of hydrogen-bond donors (Lipinski definition) is 1. The summed E-state index contributed by atoms with van der Waals surface area (Å²) in [4.78, 5) is 3.92. The van der Waals surface area contributed by atoms with Crippen molar-refractivity contribution in [2.24, 2.45) is 0 Å². The van der Waals surface area contributed by atoms with E-state index >= 15 is 0 Å². The van der Waals surface area contributed by atoms with Crippen molar-refractivity contribution in [3.63, 3.8) is 0 Å². The molecule has 0 saturated heterocycles. The van der Waals surface area contributed by atoms with Crippen LogP contribution in [0.1, 0.15) is 0 Å². The maximum Gasteiger partial charge on any atom is 0.139 e. The first-order valence-electron chi connectivity index (χ1n) is 5.46. The van der Waals surface area contributed by atoms with E-state index < -0.39 is 0 Å². The number of benzene rings is 1. The molecule has 0 aliphatic rings. The summed E-state index contributed by atoms with van der Waals surface area (Å²) in [7, 11) is 0. The van der Waals surface area contributed by atoms with Gasteiger partial charge in [-0.05, 0) is 24.3 Å². The van der Waals surface area contributed by atoms with Crippen LogP contribution < -0.4 is 15.2 Å². The summed E-state index contributed by atoms with van der Waals surface area (Å²) < 4.78 is 10.9. The molecule has 18 heavy (non-hydrogen) atoms. The minimum atomic E-state index is 0.423. The van der Waals surface area contributed by atoms with Crippen LogP contribution in [0.4, 0.5) is 5.69 Å². The van der Waals surface area contributed by atoms with E-state index in [-0.39, 0.29) is 0 Å². The number of nitrogens with zero attached hydrogens (tertiary/aromatic N) is 1. The number of nitrogens with two attached hydrogens (primary N) is 1. The summed E-state index contributed by atoms with van der Waals surface area (Å²) in [5.74, 6) is 1.39. The number of ether oxygens (including phenoxy) is 2. The lowest BCUT2D eigenvalue weighted by molar-refractivity contribution is 0.216. The number of aromatic nitrogens is 1. The van der Waals surface area contributed by atoms with E-state index in [2.05, 4.69) is 4.98 Å². The van der Waals surface area contributed by atoms with Crippen molar-refractivity contribution >= 4 is 17.3 Å². The minimum absolute atomic E-state index is 0.423. The van der Waals surface area contributed by atoms with Crippen LogP contribution in [0.2, 0.25) is 5.02 Å². The summed E-state index contributed by atoms with van der Waals surface area (Å²) in [5.41, 5.74) is 6.28. The van der Waals surface area contributed by atoms with Crippen molar-refractivity contribution in [3.05, 3.63) is 47.7 Å². The van der Waals surface area contributed by atoms with Gasteiger partial charge in [0, 0.05) is 18.0 Å². The fourth-order valence-electron chi connectivity index (χ4n) is 1.35. The zero-order chi connectivity index (χ0) is 12.8. The third-order valence-electron chi connectivity index (χ3n) is 2.18. The minimum Gasteiger partial charge on any atom is -0.490 e. The van der Waals surface area contributed by atoms with Gasteiger partial charge in [-0.25, -0.2) is 0 Å². The molecule has 0 unspecified atom stereocenters. The first-order chi connectivity index (χ1) is 8.74. The standard InChI is InChI=1S/C13H13ClN2O2/c14-10-7-13(9-16-8-10)18-6-5-17-12-3-1-11(15)2-4-12/h1-4,7-9H,5-6,15H2. The molecule has 0 spiro atoms. The highest BCUT2D eigenvalue weighted by Gasteiger charge is 1.97. The quantitative estimate of drug-likeness (QED) is 0.666. The number of anilines is 1. The van der Waals surface area contributed by atoms with E-state index in [1.807, 2.05) is 12.1 Å². The van der Waals surface area contributed by atoms with Crippen LogP contribution in [0.25, 0.3) is 0 Å². The lowest BCUT2D eigenvalue weighted by Crippen LogP contribution is -2.09. The number of pyridine rings is 1. The third-order valence-corrected chi connectivity index (χ3v) is 2.39. The van der Waals surface area contributed by atoms with E-state index in [9.17, 15) is 0 Å². The molecule has 94 valence electrons. The van der Waals surface area contributed by atoms with Crippen molar-refractivity contribution < 1.29 is 9.47 Å². The Bertz CT molecular complexity index is 503. The third kappa shape index (κ3) is 3.82. The zero-order valence-electron chi connectivity index (χ0n) is 9.67. The Morgan fingerprint density at radius 3 is 2.33 bits per heavy atom. The van der Waals surface area contributed by atoms with Gasteiger partial charge in [-0.2, -0.15) is 0 Å². The van der Waals surface area contributed by atoms with Gasteiger partial charge in [0.05, 0.1) is 11.2 Å². The molecule has 1 aromatic heterocycles. The van der Waals surface area contributed by atoms with Gasteiger partial charge in [0.2, 0.25) is 0 Å². The van der Waals surface area contributed by atoms with Gasteiger partial charge >= 0.3 is 0 Å². The number of nitrogen functional groups attached to an aromatic ring is 1. The average Bonchev–Trinajstić information content (AvgIpc) is 2.37. The molecular weight excluding hydrogens is 252 g/mol. The van der Waals surface area contributed by atoms with Gasteiger partial charge in [0.25, 0.3) is 0 Å². The van der Waals surface area contributed by atoms with Gasteiger partial charge in [0.1, 0.15) is 24.7 Å². The van der Waals surface area contributed by atoms with E-state index in [1.54, 1.807) is 30.6 Å². The van der Waals surface area contributed by atoms with Gasteiger partial charge < -0.3 is 15.2 Å². The summed E-state index contributed by atoms with van der Waals surface area (Å²) >= 11 is 5.78. The van der Waals surface area contributed by atoms with Gasteiger partial charge in [0.15, 0.2) is 0 Å². The second-order valence-electron chi connectivity index (χ2n) is 3.60. The molecule has 0 radical (unpaired) electrons. The first-order valence-corrected chi connectivity index (χ1v) is 5.83. The molecule has 2 rings (SSSR count). The molecule has 0 fully saturated rings. The van der Waals surface area contributed by atoms with Crippen LogP contribution in [0.15, 0.2) is 42.7 Å². The Labute approximate surface area is 110 Å². The average molecular weight is 265 g/mol. The molecule has 0 atom stereocenters. The van der Waals surface area contributed by atoms with Crippen LogP contribution in [0.5, 0.6) is 11.5 Å². The fraction of sp³-hybridized carbons (Fsp3) is 0.154. The van der Waals surface area contributed by atoms with E-state index in [0.717, 1.165) is 5.75 Å². The molecule has 0 aliphatic heterocycles. The molecule has 0 aliphatic carbocycles. The van der Waals surface area contributed by atoms with Crippen molar-refractivity contribution in [1.29, 1.82) is 0 Å². The van der Waals surface area contributed by atoms with E-state index in [0.29, 0.717) is 29.7 Å². The number of hydrogen-bond acceptors (Lipinski definition) is 4.